The number of rotatable bonds is 1. The Kier molecular flexibility index (Phi) is 3.34. The number of nitrogens with zero attached hydrogens (tertiary/aromatic N) is 2. The van der Waals surface area contributed by atoms with E-state index in [-0.39, 0.29) is 22.8 Å². The maximum Gasteiger partial charge on any atom is 0.253 e. The van der Waals surface area contributed by atoms with Crippen LogP contribution in [0.4, 0.5) is 0 Å². The van der Waals surface area contributed by atoms with Crippen molar-refractivity contribution in [3.05, 3.63) is 35.9 Å². The number of piperidine rings is 2. The van der Waals surface area contributed by atoms with Crippen molar-refractivity contribution >= 4 is 5.91 Å². The minimum Gasteiger partial charge on any atom is -0.392 e. The summed E-state index contributed by atoms with van der Waals surface area (Å²) in [5, 5.41) is 10.7. The molecule has 3 rings (SSSR count). The van der Waals surface area contributed by atoms with Crippen molar-refractivity contribution in [1.82, 2.24) is 9.80 Å². The maximum absolute atomic E-state index is 12.7. The molecule has 1 aromatic rings. The van der Waals surface area contributed by atoms with E-state index in [1.165, 1.54) is 0 Å². The van der Waals surface area contributed by atoms with Gasteiger partial charge in [0.05, 0.1) is 6.10 Å². The summed E-state index contributed by atoms with van der Waals surface area (Å²) in [6.07, 6.45) is -0.360. The highest BCUT2D eigenvalue weighted by Gasteiger charge is 2.55. The Labute approximate surface area is 126 Å². The molecule has 1 amide bonds. The minimum absolute atomic E-state index is 0.0736. The van der Waals surface area contributed by atoms with Gasteiger partial charge in [-0.3, -0.25) is 4.79 Å². The molecule has 2 saturated heterocycles. The van der Waals surface area contributed by atoms with Gasteiger partial charge in [-0.15, -0.1) is 0 Å². The van der Waals surface area contributed by atoms with Gasteiger partial charge in [0.25, 0.3) is 5.91 Å². The number of benzene rings is 1. The van der Waals surface area contributed by atoms with Crippen LogP contribution in [0.5, 0.6) is 0 Å². The van der Waals surface area contributed by atoms with E-state index in [0.29, 0.717) is 13.1 Å². The molecule has 1 aromatic carbocycles. The van der Waals surface area contributed by atoms with Gasteiger partial charge >= 0.3 is 0 Å². The number of amides is 1. The second kappa shape index (κ2) is 4.82. The largest absolute Gasteiger partial charge is 0.392 e. The Morgan fingerprint density at radius 1 is 1.10 bits per heavy atom. The zero-order chi connectivity index (χ0) is 15.3. The summed E-state index contributed by atoms with van der Waals surface area (Å²) >= 11 is 0. The summed E-state index contributed by atoms with van der Waals surface area (Å²) in [5.41, 5.74) is 0.210. The lowest BCUT2D eigenvalue weighted by atomic mass is 9.63. The first-order valence-corrected chi connectivity index (χ1v) is 7.55. The summed E-state index contributed by atoms with van der Waals surface area (Å²) in [6.45, 7) is 7.06. The Bertz CT molecular complexity index is 525. The van der Waals surface area contributed by atoms with Crippen molar-refractivity contribution in [2.75, 3.05) is 33.2 Å². The topological polar surface area (TPSA) is 43.8 Å². The first kappa shape index (κ1) is 14.5. The van der Waals surface area contributed by atoms with E-state index >= 15 is 0 Å². The smallest absolute Gasteiger partial charge is 0.253 e. The van der Waals surface area contributed by atoms with Crippen LogP contribution in [0.3, 0.4) is 0 Å². The molecule has 21 heavy (non-hydrogen) atoms. The van der Waals surface area contributed by atoms with Crippen LogP contribution in [-0.2, 0) is 0 Å². The fraction of sp³-hybridized carbons (Fsp3) is 0.588. The number of likely N-dealkylation sites (tertiary alicyclic amines) is 2. The van der Waals surface area contributed by atoms with Crippen molar-refractivity contribution in [2.24, 2.45) is 10.8 Å². The SMILES string of the molecule is CN1CC2(C)CN(C(=O)c3ccccc3)C[C@](C)(C1)C2O. The molecule has 4 nitrogen and oxygen atoms in total. The number of hydrogen-bond acceptors (Lipinski definition) is 3. The van der Waals surface area contributed by atoms with Gasteiger partial charge in [0.2, 0.25) is 0 Å². The summed E-state index contributed by atoms with van der Waals surface area (Å²) in [7, 11) is 2.09. The molecule has 114 valence electrons. The second-order valence-corrected chi connectivity index (χ2v) is 7.41. The molecule has 0 aromatic heterocycles. The molecular formula is C17H24N2O2. The van der Waals surface area contributed by atoms with E-state index in [0.717, 1.165) is 18.7 Å². The van der Waals surface area contributed by atoms with E-state index in [2.05, 4.69) is 25.8 Å². The second-order valence-electron chi connectivity index (χ2n) is 7.41. The molecule has 0 saturated carbocycles. The van der Waals surface area contributed by atoms with E-state index in [1.807, 2.05) is 35.2 Å². The van der Waals surface area contributed by atoms with Gasteiger partial charge in [-0.2, -0.15) is 0 Å². The van der Waals surface area contributed by atoms with Gasteiger partial charge in [0, 0.05) is 42.6 Å². The lowest BCUT2D eigenvalue weighted by Crippen LogP contribution is -2.70. The van der Waals surface area contributed by atoms with E-state index in [1.54, 1.807) is 0 Å². The number of aliphatic hydroxyl groups excluding tert-OH is 1. The molecule has 0 radical (unpaired) electrons. The summed E-state index contributed by atoms with van der Waals surface area (Å²) < 4.78 is 0. The Morgan fingerprint density at radius 2 is 1.62 bits per heavy atom. The van der Waals surface area contributed by atoms with E-state index in [9.17, 15) is 9.90 Å². The molecule has 2 bridgehead atoms. The van der Waals surface area contributed by atoms with Gasteiger partial charge in [0.15, 0.2) is 0 Å². The first-order valence-electron chi connectivity index (χ1n) is 7.55. The molecule has 2 aliphatic heterocycles. The third kappa shape index (κ3) is 2.36. The van der Waals surface area contributed by atoms with Gasteiger partial charge in [0.1, 0.15) is 0 Å². The van der Waals surface area contributed by atoms with Crippen LogP contribution in [0.15, 0.2) is 30.3 Å². The number of fused-ring (bicyclic) bond motifs is 2. The molecule has 0 aliphatic carbocycles. The maximum atomic E-state index is 12.7. The van der Waals surface area contributed by atoms with Crippen molar-refractivity contribution in [3.63, 3.8) is 0 Å². The zero-order valence-electron chi connectivity index (χ0n) is 13.0. The zero-order valence-corrected chi connectivity index (χ0v) is 13.0. The predicted octanol–water partition coefficient (Wildman–Crippen LogP) is 1.46. The van der Waals surface area contributed by atoms with Crippen LogP contribution >= 0.6 is 0 Å². The quantitative estimate of drug-likeness (QED) is 0.851. The highest BCUT2D eigenvalue weighted by atomic mass is 16.3. The Hall–Kier alpha value is -1.39. The molecule has 2 unspecified atom stereocenters. The van der Waals surface area contributed by atoms with Crippen LogP contribution in [0, 0.1) is 10.8 Å². The molecular weight excluding hydrogens is 264 g/mol. The van der Waals surface area contributed by atoms with Gasteiger partial charge in [-0.05, 0) is 19.2 Å². The fourth-order valence-corrected chi connectivity index (χ4v) is 4.41. The normalized spacial score (nSPS) is 36.6. The number of carbonyl (C=O) groups is 1. The lowest BCUT2D eigenvalue weighted by molar-refractivity contribution is -0.161. The third-order valence-corrected chi connectivity index (χ3v) is 4.99. The number of aliphatic hydroxyl groups is 1. The molecule has 3 atom stereocenters. The highest BCUT2D eigenvalue weighted by Crippen LogP contribution is 2.45. The Morgan fingerprint density at radius 3 is 2.14 bits per heavy atom. The van der Waals surface area contributed by atoms with Crippen LogP contribution in [-0.4, -0.2) is 60.1 Å². The molecule has 4 heteroatoms. The van der Waals surface area contributed by atoms with Gasteiger partial charge in [-0.1, -0.05) is 32.0 Å². The molecule has 2 aliphatic rings. The van der Waals surface area contributed by atoms with Gasteiger partial charge in [-0.25, -0.2) is 0 Å². The number of hydrogen-bond donors (Lipinski definition) is 1. The summed E-state index contributed by atoms with van der Waals surface area (Å²) in [5.74, 6) is 0.0736. The van der Waals surface area contributed by atoms with Crippen LogP contribution in [0.2, 0.25) is 0 Å². The Balaban J connectivity index is 1.89. The van der Waals surface area contributed by atoms with E-state index in [4.69, 9.17) is 0 Å². The van der Waals surface area contributed by atoms with Gasteiger partial charge < -0.3 is 14.9 Å². The monoisotopic (exact) mass is 288 g/mol. The predicted molar refractivity (Wildman–Crippen MR) is 82.1 cm³/mol. The average Bonchev–Trinajstić information content (AvgIpc) is 2.42. The fourth-order valence-electron chi connectivity index (χ4n) is 4.41. The minimum atomic E-state index is -0.360. The van der Waals surface area contributed by atoms with E-state index < -0.39 is 0 Å². The molecule has 1 N–H and O–H groups in total. The summed E-state index contributed by atoms with van der Waals surface area (Å²) in [6, 6.07) is 9.43. The third-order valence-electron chi connectivity index (χ3n) is 4.99. The molecule has 2 heterocycles. The van der Waals surface area contributed by atoms with Crippen molar-refractivity contribution in [2.45, 2.75) is 20.0 Å². The highest BCUT2D eigenvalue weighted by molar-refractivity contribution is 5.94. The van der Waals surface area contributed by atoms with Crippen LogP contribution in [0.1, 0.15) is 24.2 Å². The number of carbonyl (C=O) groups excluding carboxylic acids is 1. The van der Waals surface area contributed by atoms with Crippen molar-refractivity contribution in [1.29, 1.82) is 0 Å². The summed E-state index contributed by atoms with van der Waals surface area (Å²) in [4.78, 5) is 16.9. The van der Waals surface area contributed by atoms with Crippen molar-refractivity contribution < 1.29 is 9.90 Å². The molecule has 2 fully saturated rings. The van der Waals surface area contributed by atoms with Crippen LogP contribution in [0.25, 0.3) is 0 Å². The van der Waals surface area contributed by atoms with Crippen molar-refractivity contribution in [3.8, 4) is 0 Å². The standard InChI is InChI=1S/C17H24N2O2/c1-16-9-18(3)10-17(2,15(16)21)12-19(11-16)14(20)13-7-5-4-6-8-13/h4-8,15,21H,9-12H2,1-3H3/t15?,16-,17?/m0/s1. The molecule has 0 spiro atoms. The first-order chi connectivity index (χ1) is 9.84. The average molecular weight is 288 g/mol. The van der Waals surface area contributed by atoms with Crippen LogP contribution < -0.4 is 0 Å². The lowest BCUT2D eigenvalue weighted by Gasteiger charge is -2.59.